The molecular formula is C19H14BrNO4. The minimum Gasteiger partial charge on any atom is -0.504 e. The molecule has 5 nitrogen and oxygen atoms in total. The normalized spacial score (nSPS) is 12.9. The Balaban J connectivity index is 1.80. The molecule has 3 aromatic rings. The van der Waals surface area contributed by atoms with Crippen molar-refractivity contribution in [1.82, 2.24) is 0 Å². The number of rotatable bonds is 3. The monoisotopic (exact) mass is 399 g/mol. The molecule has 0 fully saturated rings. The summed E-state index contributed by atoms with van der Waals surface area (Å²) in [5.74, 6) is 1.88. The molecular weight excluding hydrogens is 386 g/mol. The van der Waals surface area contributed by atoms with E-state index in [4.69, 9.17) is 14.2 Å². The fourth-order valence-electron chi connectivity index (χ4n) is 2.75. The van der Waals surface area contributed by atoms with E-state index in [0.29, 0.717) is 17.1 Å². The summed E-state index contributed by atoms with van der Waals surface area (Å²) in [7, 11) is 1.51. The van der Waals surface area contributed by atoms with Crippen molar-refractivity contribution in [3.8, 4) is 23.0 Å². The summed E-state index contributed by atoms with van der Waals surface area (Å²) in [6, 6.07) is 13.2. The van der Waals surface area contributed by atoms with Gasteiger partial charge in [-0.3, -0.25) is 4.99 Å². The van der Waals surface area contributed by atoms with Crippen LogP contribution in [0.2, 0.25) is 0 Å². The van der Waals surface area contributed by atoms with Crippen molar-refractivity contribution in [2.75, 3.05) is 13.9 Å². The maximum absolute atomic E-state index is 10.3. The second-order valence-electron chi connectivity index (χ2n) is 5.47. The van der Waals surface area contributed by atoms with Crippen molar-refractivity contribution in [1.29, 1.82) is 0 Å². The zero-order valence-corrected chi connectivity index (χ0v) is 14.9. The first-order valence-electron chi connectivity index (χ1n) is 7.59. The molecule has 25 heavy (non-hydrogen) atoms. The van der Waals surface area contributed by atoms with Gasteiger partial charge in [0.05, 0.1) is 18.4 Å². The number of phenols is 1. The Labute approximate surface area is 152 Å². The van der Waals surface area contributed by atoms with E-state index in [1.165, 1.54) is 7.11 Å². The van der Waals surface area contributed by atoms with Gasteiger partial charge in [0.1, 0.15) is 0 Å². The summed E-state index contributed by atoms with van der Waals surface area (Å²) in [5, 5.41) is 12.3. The van der Waals surface area contributed by atoms with Crippen LogP contribution in [0.3, 0.4) is 0 Å². The predicted octanol–water partition coefficient (Wildman–Crippen LogP) is 4.80. The van der Waals surface area contributed by atoms with Gasteiger partial charge in [-0.05, 0) is 51.6 Å². The van der Waals surface area contributed by atoms with Crippen molar-refractivity contribution in [3.63, 3.8) is 0 Å². The van der Waals surface area contributed by atoms with Crippen LogP contribution in [0.4, 0.5) is 5.69 Å². The van der Waals surface area contributed by atoms with Gasteiger partial charge in [0.2, 0.25) is 6.79 Å². The molecule has 1 heterocycles. The molecule has 1 aliphatic rings. The molecule has 1 aliphatic heterocycles. The van der Waals surface area contributed by atoms with Gasteiger partial charge in [-0.25, -0.2) is 0 Å². The van der Waals surface area contributed by atoms with Crippen LogP contribution in [0.15, 0.2) is 51.9 Å². The van der Waals surface area contributed by atoms with Gasteiger partial charge in [0.25, 0.3) is 0 Å². The summed E-state index contributed by atoms with van der Waals surface area (Å²) in [6.07, 6.45) is 1.61. The maximum Gasteiger partial charge on any atom is 0.231 e. The topological polar surface area (TPSA) is 60.3 Å². The molecule has 0 spiro atoms. The first-order chi connectivity index (χ1) is 12.2. The lowest BCUT2D eigenvalue weighted by Crippen LogP contribution is -1.92. The van der Waals surface area contributed by atoms with E-state index in [1.54, 1.807) is 18.3 Å². The number of aromatic hydroxyl groups is 1. The van der Waals surface area contributed by atoms with E-state index in [-0.39, 0.29) is 12.5 Å². The lowest BCUT2D eigenvalue weighted by Gasteiger charge is -2.08. The summed E-state index contributed by atoms with van der Waals surface area (Å²) in [5.41, 5.74) is 1.32. The standard InChI is InChI=1S/C19H14BrNO4/c1-23-16-6-5-14(20)13(19(16)22)9-21-15-4-2-3-11-7-17-18(8-12(11)15)25-10-24-17/h2-9,22H,10H2,1H3. The number of ether oxygens (including phenoxy) is 3. The van der Waals surface area contributed by atoms with Crippen LogP contribution < -0.4 is 14.2 Å². The maximum atomic E-state index is 10.3. The van der Waals surface area contributed by atoms with Gasteiger partial charge in [-0.2, -0.15) is 0 Å². The number of phenolic OH excluding ortho intramolecular Hbond substituents is 1. The number of methoxy groups -OCH3 is 1. The highest BCUT2D eigenvalue weighted by Gasteiger charge is 2.15. The zero-order chi connectivity index (χ0) is 17.4. The van der Waals surface area contributed by atoms with Crippen molar-refractivity contribution in [2.24, 2.45) is 4.99 Å². The van der Waals surface area contributed by atoms with E-state index in [1.807, 2.05) is 30.3 Å². The molecule has 0 aliphatic carbocycles. The number of hydrogen-bond acceptors (Lipinski definition) is 5. The van der Waals surface area contributed by atoms with Gasteiger partial charge in [0, 0.05) is 16.1 Å². The first kappa shape index (κ1) is 15.8. The van der Waals surface area contributed by atoms with Crippen LogP contribution in [0.5, 0.6) is 23.0 Å². The number of benzene rings is 3. The van der Waals surface area contributed by atoms with Gasteiger partial charge in [0.15, 0.2) is 23.0 Å². The number of fused-ring (bicyclic) bond motifs is 2. The molecule has 0 unspecified atom stereocenters. The molecule has 0 bridgehead atoms. The van der Waals surface area contributed by atoms with E-state index >= 15 is 0 Å². The number of aliphatic imine (C=N–C) groups is 1. The second-order valence-corrected chi connectivity index (χ2v) is 6.33. The van der Waals surface area contributed by atoms with Crippen LogP contribution in [0.25, 0.3) is 10.8 Å². The minimum absolute atomic E-state index is 0.0403. The Morgan fingerprint density at radius 2 is 1.96 bits per heavy atom. The molecule has 0 saturated carbocycles. The Kier molecular flexibility index (Phi) is 3.97. The van der Waals surface area contributed by atoms with Crippen molar-refractivity contribution >= 4 is 38.6 Å². The lowest BCUT2D eigenvalue weighted by molar-refractivity contribution is 0.174. The Morgan fingerprint density at radius 1 is 1.16 bits per heavy atom. The third-order valence-electron chi connectivity index (χ3n) is 4.03. The lowest BCUT2D eigenvalue weighted by atomic mass is 10.1. The van der Waals surface area contributed by atoms with Crippen LogP contribution in [0.1, 0.15) is 5.56 Å². The fraction of sp³-hybridized carbons (Fsp3) is 0.105. The van der Waals surface area contributed by atoms with E-state index in [2.05, 4.69) is 20.9 Å². The minimum atomic E-state index is 0.0403. The van der Waals surface area contributed by atoms with Crippen molar-refractivity contribution in [3.05, 3.63) is 52.5 Å². The van der Waals surface area contributed by atoms with Gasteiger partial charge in [-0.1, -0.05) is 12.1 Å². The second kappa shape index (κ2) is 6.29. The SMILES string of the molecule is COc1ccc(Br)c(C=Nc2cccc3cc4c(cc23)OCO4)c1O. The average molecular weight is 400 g/mol. The Bertz CT molecular complexity index is 1000. The molecule has 0 radical (unpaired) electrons. The quantitative estimate of drug-likeness (QED) is 0.642. The van der Waals surface area contributed by atoms with Crippen LogP contribution in [0, 0.1) is 0 Å². The predicted molar refractivity (Wildman–Crippen MR) is 99.7 cm³/mol. The summed E-state index contributed by atoms with van der Waals surface area (Å²) in [6.45, 7) is 0.231. The highest BCUT2D eigenvalue weighted by Crippen LogP contribution is 2.39. The Hall–Kier alpha value is -2.73. The van der Waals surface area contributed by atoms with Crippen molar-refractivity contribution < 1.29 is 19.3 Å². The summed E-state index contributed by atoms with van der Waals surface area (Å²) >= 11 is 3.43. The summed E-state index contributed by atoms with van der Waals surface area (Å²) in [4.78, 5) is 4.56. The molecule has 0 aromatic heterocycles. The molecule has 6 heteroatoms. The van der Waals surface area contributed by atoms with Gasteiger partial charge in [-0.15, -0.1) is 0 Å². The Morgan fingerprint density at radius 3 is 2.76 bits per heavy atom. The molecule has 126 valence electrons. The van der Waals surface area contributed by atoms with Gasteiger partial charge >= 0.3 is 0 Å². The molecule has 4 rings (SSSR count). The summed E-state index contributed by atoms with van der Waals surface area (Å²) < 4.78 is 16.8. The third kappa shape index (κ3) is 2.78. The van der Waals surface area contributed by atoms with Crippen LogP contribution in [-0.2, 0) is 0 Å². The highest BCUT2D eigenvalue weighted by molar-refractivity contribution is 9.10. The molecule has 0 atom stereocenters. The molecule has 3 aromatic carbocycles. The van der Waals surface area contributed by atoms with E-state index < -0.39 is 0 Å². The van der Waals surface area contributed by atoms with Gasteiger partial charge < -0.3 is 19.3 Å². The van der Waals surface area contributed by atoms with Crippen LogP contribution in [-0.4, -0.2) is 25.2 Å². The number of hydrogen-bond donors (Lipinski definition) is 1. The van der Waals surface area contributed by atoms with Crippen LogP contribution >= 0.6 is 15.9 Å². The smallest absolute Gasteiger partial charge is 0.231 e. The van der Waals surface area contributed by atoms with Crippen molar-refractivity contribution in [2.45, 2.75) is 0 Å². The first-order valence-corrected chi connectivity index (χ1v) is 8.38. The highest BCUT2D eigenvalue weighted by atomic mass is 79.9. The number of halogens is 1. The molecule has 0 amide bonds. The third-order valence-corrected chi connectivity index (χ3v) is 4.72. The average Bonchev–Trinajstić information content (AvgIpc) is 3.07. The largest absolute Gasteiger partial charge is 0.504 e. The molecule has 1 N–H and O–H groups in total. The zero-order valence-electron chi connectivity index (χ0n) is 13.3. The van der Waals surface area contributed by atoms with E-state index in [0.717, 1.165) is 26.7 Å². The van der Waals surface area contributed by atoms with E-state index in [9.17, 15) is 5.11 Å². The number of nitrogens with zero attached hydrogens (tertiary/aromatic N) is 1. The fourth-order valence-corrected chi connectivity index (χ4v) is 3.17. The molecule has 0 saturated heterocycles.